The minimum absolute atomic E-state index is 0.206. The number of phenols is 1. The van der Waals surface area contributed by atoms with E-state index in [0.717, 1.165) is 0 Å². The number of carbonyl (C=O) groups excluding carboxylic acids is 1. The number of carboxylic acids is 1. The van der Waals surface area contributed by atoms with Crippen molar-refractivity contribution < 1.29 is 69.6 Å². The number of phenolic OH excluding ortho intramolecular Hbond substituents is 1. The van der Waals surface area contributed by atoms with Gasteiger partial charge in [0.15, 0.2) is 12.4 Å². The number of carboxylic acid groups (broad SMARTS) is 1. The number of nitrogen functional groups attached to an aromatic ring is 1. The van der Waals surface area contributed by atoms with Crippen molar-refractivity contribution in [3.63, 3.8) is 0 Å². The van der Waals surface area contributed by atoms with Gasteiger partial charge in [-0.15, -0.1) is 0 Å². The first-order valence-corrected chi connectivity index (χ1v) is 12.1. The van der Waals surface area contributed by atoms with Crippen molar-refractivity contribution in [1.82, 2.24) is 0 Å². The summed E-state index contributed by atoms with van der Waals surface area (Å²) in [5.41, 5.74) is 5.61. The van der Waals surface area contributed by atoms with Crippen molar-refractivity contribution in [3.8, 4) is 5.75 Å². The molecule has 2 saturated heterocycles. The Kier molecular flexibility index (Phi) is 11.6. The SMILES string of the molecule is CC.C[NH2+]C1[C@H](O)OC(COC(=O)c2cc(N)ccc2O)[C@@H](O)[C@H]1CO[C@@H]1OC(C(=O)O)[C@@H](O)[C@@H](O)C1O. The van der Waals surface area contributed by atoms with Crippen LogP contribution in [0.25, 0.3) is 0 Å². The number of anilines is 1. The van der Waals surface area contributed by atoms with Crippen molar-refractivity contribution >= 4 is 17.6 Å². The van der Waals surface area contributed by atoms with Gasteiger partial charge in [0, 0.05) is 5.69 Å². The molecule has 0 bridgehead atoms. The minimum atomic E-state index is -1.90. The predicted molar refractivity (Wildman–Crippen MR) is 126 cm³/mol. The molecule has 11 N–H and O–H groups in total. The van der Waals surface area contributed by atoms with Crippen LogP contribution in [0.2, 0.25) is 0 Å². The lowest BCUT2D eigenvalue weighted by atomic mass is 9.87. The Bertz CT molecular complexity index is 935. The van der Waals surface area contributed by atoms with Crippen LogP contribution in [0.4, 0.5) is 5.69 Å². The van der Waals surface area contributed by atoms with Crippen LogP contribution in [-0.2, 0) is 23.7 Å². The third kappa shape index (κ3) is 7.07. The van der Waals surface area contributed by atoms with Gasteiger partial charge in [-0.2, -0.15) is 0 Å². The van der Waals surface area contributed by atoms with Crippen LogP contribution in [0, 0.1) is 5.92 Å². The zero-order valence-electron chi connectivity index (χ0n) is 21.2. The van der Waals surface area contributed by atoms with Gasteiger partial charge in [0.1, 0.15) is 48.4 Å². The number of aliphatic carboxylic acids is 1. The van der Waals surface area contributed by atoms with E-state index in [1.54, 1.807) is 7.05 Å². The van der Waals surface area contributed by atoms with E-state index in [2.05, 4.69) is 0 Å². The first kappa shape index (κ1) is 31.6. The van der Waals surface area contributed by atoms with Crippen LogP contribution in [0.3, 0.4) is 0 Å². The van der Waals surface area contributed by atoms with Gasteiger partial charge in [0.2, 0.25) is 6.29 Å². The molecule has 0 radical (unpaired) electrons. The highest BCUT2D eigenvalue weighted by molar-refractivity contribution is 5.93. The molecule has 1 aromatic carbocycles. The van der Waals surface area contributed by atoms with E-state index >= 15 is 0 Å². The lowest BCUT2D eigenvalue weighted by molar-refractivity contribution is -0.694. The van der Waals surface area contributed by atoms with Crippen LogP contribution >= 0.6 is 0 Å². The molecule has 2 heterocycles. The van der Waals surface area contributed by atoms with E-state index in [9.17, 15) is 40.2 Å². The molecule has 2 aliphatic rings. The van der Waals surface area contributed by atoms with Gasteiger partial charge in [0.05, 0.1) is 25.7 Å². The van der Waals surface area contributed by atoms with Crippen molar-refractivity contribution in [3.05, 3.63) is 23.8 Å². The van der Waals surface area contributed by atoms with Gasteiger partial charge >= 0.3 is 11.9 Å². The third-order valence-corrected chi connectivity index (χ3v) is 6.23. The number of hydrogen-bond donors (Lipinski definition) is 9. The number of quaternary nitrogens is 1. The maximum Gasteiger partial charge on any atom is 0.342 e. The van der Waals surface area contributed by atoms with Gasteiger partial charge in [-0.05, 0) is 18.2 Å². The van der Waals surface area contributed by atoms with Gasteiger partial charge < -0.3 is 65.7 Å². The van der Waals surface area contributed by atoms with E-state index in [1.807, 2.05) is 13.8 Å². The summed E-state index contributed by atoms with van der Waals surface area (Å²) in [4.78, 5) is 23.6. The maximum atomic E-state index is 12.4. The highest BCUT2D eigenvalue weighted by Crippen LogP contribution is 2.28. The van der Waals surface area contributed by atoms with Gasteiger partial charge in [-0.3, -0.25) is 0 Å². The molecule has 216 valence electrons. The topological polar surface area (TPSA) is 255 Å². The fraction of sp³-hybridized carbons (Fsp3) is 0.652. The summed E-state index contributed by atoms with van der Waals surface area (Å²) in [6, 6.07) is 3.00. The Morgan fingerprint density at radius 2 is 1.66 bits per heavy atom. The summed E-state index contributed by atoms with van der Waals surface area (Å²) in [7, 11) is 1.59. The van der Waals surface area contributed by atoms with Crippen LogP contribution in [0.15, 0.2) is 18.2 Å². The fourth-order valence-corrected chi connectivity index (χ4v) is 4.17. The Morgan fingerprint density at radius 3 is 2.26 bits per heavy atom. The second-order valence-corrected chi connectivity index (χ2v) is 8.57. The van der Waals surface area contributed by atoms with Crippen molar-refractivity contribution in [2.75, 3.05) is 26.0 Å². The summed E-state index contributed by atoms with van der Waals surface area (Å²) in [6.45, 7) is 3.07. The molecule has 0 amide bonds. The molecule has 1 aromatic rings. The molecule has 0 aliphatic carbocycles. The molecular weight excluding hydrogens is 512 g/mol. The fourth-order valence-electron chi connectivity index (χ4n) is 4.17. The molecule has 0 saturated carbocycles. The van der Waals surface area contributed by atoms with Crippen molar-refractivity contribution in [2.45, 2.75) is 69.1 Å². The van der Waals surface area contributed by atoms with E-state index < -0.39 is 86.3 Å². The molecule has 0 aromatic heterocycles. The van der Waals surface area contributed by atoms with E-state index in [4.69, 9.17) is 29.8 Å². The number of likely N-dealkylation sites (N-methyl/N-ethyl adjacent to an activating group) is 1. The largest absolute Gasteiger partial charge is 0.507 e. The van der Waals surface area contributed by atoms with Crippen LogP contribution in [-0.4, -0.2) is 123 Å². The second kappa shape index (κ2) is 14.0. The summed E-state index contributed by atoms with van der Waals surface area (Å²) >= 11 is 0. The summed E-state index contributed by atoms with van der Waals surface area (Å²) in [5.74, 6) is -3.82. The average Bonchev–Trinajstić information content (AvgIpc) is 2.89. The number of hydrogen-bond acceptors (Lipinski definition) is 13. The first-order chi connectivity index (χ1) is 18.0. The van der Waals surface area contributed by atoms with E-state index in [0.29, 0.717) is 0 Å². The number of benzene rings is 1. The number of rotatable bonds is 8. The van der Waals surface area contributed by atoms with Gasteiger partial charge in [-0.1, -0.05) is 13.8 Å². The highest BCUT2D eigenvalue weighted by Gasteiger charge is 2.50. The van der Waals surface area contributed by atoms with Crippen LogP contribution in [0.5, 0.6) is 5.75 Å². The second-order valence-electron chi connectivity index (χ2n) is 8.57. The monoisotopic (exact) mass is 549 g/mol. The smallest absolute Gasteiger partial charge is 0.342 e. The third-order valence-electron chi connectivity index (χ3n) is 6.23. The highest BCUT2D eigenvalue weighted by atomic mass is 16.7. The molecule has 10 atom stereocenters. The number of aliphatic hydroxyl groups excluding tert-OH is 5. The molecule has 2 aliphatic heterocycles. The normalized spacial score (nSPS) is 35.1. The van der Waals surface area contributed by atoms with Crippen LogP contribution < -0.4 is 11.1 Å². The zero-order valence-corrected chi connectivity index (χ0v) is 21.2. The lowest BCUT2D eigenvalue weighted by Crippen LogP contribution is -2.93. The van der Waals surface area contributed by atoms with Gasteiger partial charge in [0.25, 0.3) is 0 Å². The number of ether oxygens (including phenoxy) is 4. The van der Waals surface area contributed by atoms with E-state index in [1.165, 1.54) is 23.5 Å². The molecule has 38 heavy (non-hydrogen) atoms. The quantitative estimate of drug-likeness (QED) is 0.0860. The summed E-state index contributed by atoms with van der Waals surface area (Å²) in [5, 5.41) is 71.7. The molecule has 0 spiro atoms. The average molecular weight is 550 g/mol. The van der Waals surface area contributed by atoms with Crippen molar-refractivity contribution in [2.24, 2.45) is 5.92 Å². The Hall–Kier alpha value is -2.60. The number of esters is 1. The summed E-state index contributed by atoms with van der Waals surface area (Å²) in [6.07, 6.45) is -13.2. The zero-order chi connectivity index (χ0) is 28.7. The molecule has 2 fully saturated rings. The maximum absolute atomic E-state index is 12.4. The molecule has 15 nitrogen and oxygen atoms in total. The number of aromatic hydroxyl groups is 1. The Balaban J connectivity index is 0.00000247. The van der Waals surface area contributed by atoms with Crippen molar-refractivity contribution in [1.29, 1.82) is 0 Å². The standard InChI is InChI=1S/C21H30N2O13.C2H6/c1-23-12-9(5-34-21-16(28)14(26)15(27)17(36-21)18(29)30)13(25)11(35-20(12)32)6-33-19(31)8-4-7(22)2-3-10(8)24;1-2/h2-4,9,11-17,20-21,23-28,32H,5-6,22H2,1H3,(H,29,30);1-2H3/p+1/t9-,11?,12?,13-,14+,15-,16?,17?,20+,21+;/m0./s1. The first-order valence-electron chi connectivity index (χ1n) is 12.1. The number of carbonyl (C=O) groups is 2. The molecular formula is C23H37N2O13+. The minimum Gasteiger partial charge on any atom is -0.507 e. The summed E-state index contributed by atoms with van der Waals surface area (Å²) < 4.78 is 21.0. The molecule has 4 unspecified atom stereocenters. The van der Waals surface area contributed by atoms with Gasteiger partial charge in [-0.25, -0.2) is 9.59 Å². The lowest BCUT2D eigenvalue weighted by Gasteiger charge is -2.42. The number of aliphatic hydroxyl groups is 5. The molecule has 3 rings (SSSR count). The van der Waals surface area contributed by atoms with E-state index in [-0.39, 0.29) is 17.0 Å². The Morgan fingerprint density at radius 1 is 1.00 bits per heavy atom. The Labute approximate surface area is 218 Å². The van der Waals surface area contributed by atoms with Crippen LogP contribution in [0.1, 0.15) is 24.2 Å². The predicted octanol–water partition coefficient (Wildman–Crippen LogP) is -3.68. The number of nitrogens with two attached hydrogens (primary N) is 2. The molecule has 15 heteroatoms.